The lowest BCUT2D eigenvalue weighted by atomic mass is 9.53. The molecule has 0 heterocycles. The van der Waals surface area contributed by atoms with Gasteiger partial charge < -0.3 is 9.16 Å². The van der Waals surface area contributed by atoms with Crippen LogP contribution >= 0.6 is 0 Å². The molecule has 5 rings (SSSR count). The molecule has 2 fully saturated rings. The van der Waals surface area contributed by atoms with E-state index in [-0.39, 0.29) is 10.5 Å². The molecular formula is C36H50F2O2Si. The van der Waals surface area contributed by atoms with E-state index in [9.17, 15) is 8.78 Å². The maximum absolute atomic E-state index is 14.4. The van der Waals surface area contributed by atoms with Crippen molar-refractivity contribution in [3.05, 3.63) is 76.9 Å². The van der Waals surface area contributed by atoms with Crippen LogP contribution in [0.4, 0.5) is 8.78 Å². The van der Waals surface area contributed by atoms with Gasteiger partial charge in [-0.25, -0.2) is 0 Å². The largest absolute Gasteiger partial charge is 0.489 e. The molecule has 2 aromatic rings. The highest BCUT2D eigenvalue weighted by molar-refractivity contribution is 6.74. The van der Waals surface area contributed by atoms with Crippen molar-refractivity contribution in [2.45, 2.75) is 110 Å². The molecule has 0 radical (unpaired) electrons. The Morgan fingerprint density at radius 3 is 2.49 bits per heavy atom. The van der Waals surface area contributed by atoms with Crippen LogP contribution in [-0.4, -0.2) is 14.9 Å². The molecule has 0 spiro atoms. The summed E-state index contributed by atoms with van der Waals surface area (Å²) in [7, 11) is -1.75. The predicted octanol–water partition coefficient (Wildman–Crippen LogP) is 10.7. The molecule has 0 aromatic heterocycles. The molecule has 3 unspecified atom stereocenters. The van der Waals surface area contributed by atoms with Crippen molar-refractivity contribution in [3.8, 4) is 5.75 Å². The molecule has 5 heteroatoms. The number of unbranched alkanes of at least 4 members (excludes halogenated alkanes) is 1. The maximum atomic E-state index is 14.4. The van der Waals surface area contributed by atoms with Crippen LogP contribution in [0.2, 0.25) is 18.1 Å². The molecule has 0 N–H and O–H groups in total. The van der Waals surface area contributed by atoms with Gasteiger partial charge in [0, 0.05) is 12.2 Å². The Balaban J connectivity index is 1.27. The highest BCUT2D eigenvalue weighted by atomic mass is 28.4. The van der Waals surface area contributed by atoms with Gasteiger partial charge in [0.1, 0.15) is 12.4 Å². The van der Waals surface area contributed by atoms with Crippen molar-refractivity contribution < 1.29 is 17.9 Å². The lowest BCUT2D eigenvalue weighted by Crippen LogP contribution is -2.42. The first kappa shape index (κ1) is 30.5. The average molecular weight is 581 g/mol. The van der Waals surface area contributed by atoms with Gasteiger partial charge in [-0.05, 0) is 121 Å². The third-order valence-corrected chi connectivity index (χ3v) is 15.9. The van der Waals surface area contributed by atoms with Crippen LogP contribution in [0.1, 0.15) is 95.2 Å². The summed E-state index contributed by atoms with van der Waals surface area (Å²) in [6.07, 6.45) is 6.24. The highest BCUT2D eigenvalue weighted by Gasteiger charge is 2.57. The number of fused-ring (bicyclic) bond motifs is 5. The van der Waals surface area contributed by atoms with Crippen molar-refractivity contribution in [1.82, 2.24) is 0 Å². The van der Waals surface area contributed by atoms with Gasteiger partial charge in [0.15, 0.2) is 8.32 Å². The summed E-state index contributed by atoms with van der Waals surface area (Å²) in [5.74, 6) is 2.54. The van der Waals surface area contributed by atoms with Crippen molar-refractivity contribution >= 4 is 8.32 Å². The second kappa shape index (κ2) is 12.0. The summed E-state index contributed by atoms with van der Waals surface area (Å²) in [5.41, 5.74) is 4.11. The summed E-state index contributed by atoms with van der Waals surface area (Å²) >= 11 is 0. The maximum Gasteiger partial charge on any atom is 0.270 e. The quantitative estimate of drug-likeness (QED) is 0.217. The van der Waals surface area contributed by atoms with Crippen LogP contribution in [0.3, 0.4) is 0 Å². The van der Waals surface area contributed by atoms with E-state index >= 15 is 0 Å². The Labute approximate surface area is 248 Å². The van der Waals surface area contributed by atoms with E-state index in [2.05, 4.69) is 71.1 Å². The van der Waals surface area contributed by atoms with Crippen LogP contribution in [0.15, 0.2) is 60.2 Å². The van der Waals surface area contributed by atoms with Crippen LogP contribution in [-0.2, 0) is 17.5 Å². The number of allylic oxidation sites excluding steroid dienone is 1. The van der Waals surface area contributed by atoms with Gasteiger partial charge >= 0.3 is 0 Å². The molecule has 0 saturated heterocycles. The van der Waals surface area contributed by atoms with Crippen molar-refractivity contribution in [3.63, 3.8) is 0 Å². The Morgan fingerprint density at radius 2 is 1.78 bits per heavy atom. The normalized spacial score (nSPS) is 27.7. The molecule has 0 aliphatic heterocycles. The van der Waals surface area contributed by atoms with Crippen molar-refractivity contribution in [1.29, 1.82) is 0 Å². The van der Waals surface area contributed by atoms with Crippen LogP contribution < -0.4 is 4.74 Å². The third kappa shape index (κ3) is 6.22. The van der Waals surface area contributed by atoms with Crippen molar-refractivity contribution in [2.75, 3.05) is 6.61 Å². The molecule has 0 bridgehead atoms. The Kier molecular flexibility index (Phi) is 8.88. The van der Waals surface area contributed by atoms with Gasteiger partial charge in [0.25, 0.3) is 6.08 Å². The minimum Gasteiger partial charge on any atom is -0.489 e. The summed E-state index contributed by atoms with van der Waals surface area (Å²) in [6.45, 7) is 15.0. The number of hydrogen-bond donors (Lipinski definition) is 0. The fraction of sp³-hybridized carbons (Fsp3) is 0.611. The fourth-order valence-electron chi connectivity index (χ4n) is 8.11. The number of aryl methyl sites for hydroxylation is 1. The monoisotopic (exact) mass is 580 g/mol. The Bertz CT molecular complexity index is 1230. The minimum atomic E-state index is -1.75. The first-order valence-electron chi connectivity index (χ1n) is 15.9. The van der Waals surface area contributed by atoms with Crippen LogP contribution in [0, 0.1) is 23.2 Å². The molecule has 224 valence electrons. The third-order valence-electron chi connectivity index (χ3n) is 11.3. The SMILES string of the molecule is CC(C)(C)[Si](C)(C)OCCCC[C@@H]1CC(=C(F)F)[C@@]2(C)CCC3c4ccc(OCc5ccccc5)cc4CCC3C12. The summed E-state index contributed by atoms with van der Waals surface area (Å²) in [6, 6.07) is 16.9. The van der Waals surface area contributed by atoms with E-state index in [4.69, 9.17) is 9.16 Å². The smallest absolute Gasteiger partial charge is 0.270 e. The lowest BCUT2D eigenvalue weighted by molar-refractivity contribution is 0.0447. The molecule has 2 aromatic carbocycles. The van der Waals surface area contributed by atoms with E-state index in [0.717, 1.165) is 57.3 Å². The van der Waals surface area contributed by atoms with E-state index < -0.39 is 14.4 Å². The fourth-order valence-corrected chi connectivity index (χ4v) is 9.20. The number of hydrogen-bond acceptors (Lipinski definition) is 2. The molecule has 41 heavy (non-hydrogen) atoms. The second-order valence-electron chi connectivity index (χ2n) is 14.7. The zero-order valence-corrected chi connectivity index (χ0v) is 27.1. The molecule has 5 atom stereocenters. The van der Waals surface area contributed by atoms with Gasteiger partial charge in [0.05, 0.1) is 0 Å². The molecule has 0 amide bonds. The zero-order valence-electron chi connectivity index (χ0n) is 26.1. The Hall–Kier alpha value is -1.98. The molecular weight excluding hydrogens is 530 g/mol. The number of ether oxygens (including phenoxy) is 1. The van der Waals surface area contributed by atoms with Gasteiger partial charge in [-0.15, -0.1) is 0 Å². The zero-order chi connectivity index (χ0) is 29.4. The minimum absolute atomic E-state index is 0.210. The first-order chi connectivity index (χ1) is 19.4. The van der Waals surface area contributed by atoms with Crippen LogP contribution in [0.5, 0.6) is 5.75 Å². The van der Waals surface area contributed by atoms with Gasteiger partial charge in [-0.2, -0.15) is 8.78 Å². The molecule has 3 aliphatic carbocycles. The Morgan fingerprint density at radius 1 is 1.02 bits per heavy atom. The number of benzene rings is 2. The van der Waals surface area contributed by atoms with E-state index in [1.807, 2.05) is 18.2 Å². The standard InChI is InChI=1S/C36H50F2O2Si/c1-35(2,3)41(5,6)40-21-11-10-14-27-23-32(34(37)38)36(4)20-19-30-29-18-16-28(39-24-25-12-8-7-9-13-25)22-26(29)15-17-31(30)33(27)36/h7-9,12-13,16,18,22,27,30-31,33H,10-11,14-15,17,19-21,23-24H2,1-6H3/t27-,30?,31?,33?,36-/m1/s1. The summed E-state index contributed by atoms with van der Waals surface area (Å²) < 4.78 is 41.3. The van der Waals surface area contributed by atoms with E-state index in [0.29, 0.717) is 42.3 Å². The number of rotatable bonds is 9. The lowest BCUT2D eigenvalue weighted by Gasteiger charge is -2.51. The van der Waals surface area contributed by atoms with Gasteiger partial charge in [-0.1, -0.05) is 70.5 Å². The molecule has 2 nitrogen and oxygen atoms in total. The first-order valence-corrected chi connectivity index (χ1v) is 18.8. The average Bonchev–Trinajstić information content (AvgIpc) is 3.24. The summed E-state index contributed by atoms with van der Waals surface area (Å²) in [4.78, 5) is 0. The molecule has 2 saturated carbocycles. The number of halogens is 2. The second-order valence-corrected chi connectivity index (χ2v) is 19.5. The van der Waals surface area contributed by atoms with Gasteiger partial charge in [0.2, 0.25) is 0 Å². The van der Waals surface area contributed by atoms with E-state index in [1.54, 1.807) is 0 Å². The summed E-state index contributed by atoms with van der Waals surface area (Å²) in [5, 5.41) is 0.210. The van der Waals surface area contributed by atoms with E-state index in [1.165, 1.54) is 16.7 Å². The van der Waals surface area contributed by atoms with Crippen LogP contribution in [0.25, 0.3) is 0 Å². The topological polar surface area (TPSA) is 18.5 Å². The van der Waals surface area contributed by atoms with Crippen molar-refractivity contribution in [2.24, 2.45) is 23.2 Å². The molecule has 3 aliphatic rings. The highest BCUT2D eigenvalue weighted by Crippen LogP contribution is 2.66. The predicted molar refractivity (Wildman–Crippen MR) is 167 cm³/mol. The van der Waals surface area contributed by atoms with Gasteiger partial charge in [-0.3, -0.25) is 0 Å².